The Kier molecular flexibility index (Phi) is 5.84. The molecular formula is C18H19NO6. The summed E-state index contributed by atoms with van der Waals surface area (Å²) in [7, 11) is 4.39. The van der Waals surface area contributed by atoms with Crippen LogP contribution in [0.25, 0.3) is 0 Å². The summed E-state index contributed by atoms with van der Waals surface area (Å²) in [5.41, 5.74) is 0.666. The maximum absolute atomic E-state index is 12.6. The second-order valence-corrected chi connectivity index (χ2v) is 5.10. The lowest BCUT2D eigenvalue weighted by molar-refractivity contribution is -0.141. The van der Waals surface area contributed by atoms with Crippen LogP contribution in [0.1, 0.15) is 11.5 Å². The summed E-state index contributed by atoms with van der Waals surface area (Å²) in [4.78, 5) is 24.3. The number of carboxylic acid groups (broad SMARTS) is 1. The molecule has 0 saturated carbocycles. The summed E-state index contributed by atoms with van der Waals surface area (Å²) in [6.07, 6.45) is 0. The third kappa shape index (κ3) is 4.20. The summed E-state index contributed by atoms with van der Waals surface area (Å²) in [5.74, 6) is -2.11. The van der Waals surface area contributed by atoms with E-state index < -0.39 is 17.8 Å². The molecule has 25 heavy (non-hydrogen) atoms. The van der Waals surface area contributed by atoms with Crippen LogP contribution in [0.4, 0.5) is 5.69 Å². The van der Waals surface area contributed by atoms with Gasteiger partial charge in [0.25, 0.3) is 0 Å². The highest BCUT2D eigenvalue weighted by Gasteiger charge is 2.31. The lowest BCUT2D eigenvalue weighted by Crippen LogP contribution is -2.28. The van der Waals surface area contributed by atoms with Crippen molar-refractivity contribution < 1.29 is 28.9 Å². The highest BCUT2D eigenvalue weighted by Crippen LogP contribution is 2.32. The molecule has 0 fully saturated rings. The Labute approximate surface area is 145 Å². The number of amides is 1. The molecule has 0 heterocycles. The number of rotatable bonds is 7. The first-order valence-corrected chi connectivity index (χ1v) is 7.39. The van der Waals surface area contributed by atoms with Crippen LogP contribution < -0.4 is 19.5 Å². The lowest BCUT2D eigenvalue weighted by atomic mass is 9.97. The molecule has 1 amide bonds. The van der Waals surface area contributed by atoms with Crippen LogP contribution in [0.5, 0.6) is 17.2 Å². The molecule has 0 spiro atoms. The topological polar surface area (TPSA) is 94.1 Å². The zero-order valence-electron chi connectivity index (χ0n) is 14.1. The van der Waals surface area contributed by atoms with Crippen molar-refractivity contribution in [2.45, 2.75) is 5.92 Å². The first-order chi connectivity index (χ1) is 12.0. The minimum absolute atomic E-state index is 0.233. The number of carbonyl (C=O) groups excluding carboxylic acids is 1. The molecule has 2 aromatic carbocycles. The van der Waals surface area contributed by atoms with Gasteiger partial charge in [-0.25, -0.2) is 0 Å². The van der Waals surface area contributed by atoms with E-state index in [1.54, 1.807) is 30.3 Å². The van der Waals surface area contributed by atoms with Crippen molar-refractivity contribution in [3.63, 3.8) is 0 Å². The van der Waals surface area contributed by atoms with Gasteiger partial charge in [0.05, 0.1) is 21.3 Å². The van der Waals surface area contributed by atoms with Gasteiger partial charge in [0.1, 0.15) is 17.2 Å². The van der Waals surface area contributed by atoms with Crippen molar-refractivity contribution in [1.29, 1.82) is 0 Å². The van der Waals surface area contributed by atoms with E-state index in [9.17, 15) is 14.7 Å². The number of nitrogens with one attached hydrogen (secondary N) is 1. The number of carbonyl (C=O) groups is 2. The molecule has 7 nitrogen and oxygen atoms in total. The fraction of sp³-hybridized carbons (Fsp3) is 0.222. The predicted molar refractivity (Wildman–Crippen MR) is 91.5 cm³/mol. The summed E-state index contributed by atoms with van der Waals surface area (Å²) in [6.45, 7) is 0. The number of carboxylic acids is 1. The molecule has 2 N–H and O–H groups in total. The number of anilines is 1. The maximum atomic E-state index is 12.6. The van der Waals surface area contributed by atoms with Crippen LogP contribution in [-0.2, 0) is 9.59 Å². The zero-order valence-corrected chi connectivity index (χ0v) is 14.1. The van der Waals surface area contributed by atoms with Crippen LogP contribution in [0, 0.1) is 0 Å². The monoisotopic (exact) mass is 345 g/mol. The van der Waals surface area contributed by atoms with Crippen molar-refractivity contribution in [2.75, 3.05) is 26.6 Å². The summed E-state index contributed by atoms with van der Waals surface area (Å²) < 4.78 is 15.4. The van der Waals surface area contributed by atoms with Crippen LogP contribution in [0.15, 0.2) is 42.5 Å². The van der Waals surface area contributed by atoms with Crippen molar-refractivity contribution >= 4 is 17.6 Å². The van der Waals surface area contributed by atoms with Crippen molar-refractivity contribution in [3.05, 3.63) is 48.0 Å². The number of methoxy groups -OCH3 is 3. The minimum Gasteiger partial charge on any atom is -0.497 e. The number of hydrogen-bond donors (Lipinski definition) is 2. The summed E-state index contributed by atoms with van der Waals surface area (Å²) in [5, 5.41) is 12.1. The van der Waals surface area contributed by atoms with E-state index in [0.29, 0.717) is 17.2 Å². The minimum atomic E-state index is -1.44. The van der Waals surface area contributed by atoms with Gasteiger partial charge in [0, 0.05) is 23.4 Å². The third-order valence-electron chi connectivity index (χ3n) is 3.60. The van der Waals surface area contributed by atoms with Gasteiger partial charge in [0.15, 0.2) is 5.92 Å². The van der Waals surface area contributed by atoms with Gasteiger partial charge in [-0.15, -0.1) is 0 Å². The Morgan fingerprint density at radius 2 is 1.64 bits per heavy atom. The van der Waals surface area contributed by atoms with Crippen molar-refractivity contribution in [3.8, 4) is 17.2 Å². The normalized spacial score (nSPS) is 11.3. The van der Waals surface area contributed by atoms with E-state index in [1.807, 2.05) is 0 Å². The van der Waals surface area contributed by atoms with E-state index in [-0.39, 0.29) is 11.3 Å². The number of ether oxygens (including phenoxy) is 3. The maximum Gasteiger partial charge on any atom is 0.320 e. The van der Waals surface area contributed by atoms with Gasteiger partial charge in [-0.05, 0) is 18.2 Å². The van der Waals surface area contributed by atoms with E-state index in [1.165, 1.54) is 33.5 Å². The average molecular weight is 345 g/mol. The van der Waals surface area contributed by atoms with E-state index in [0.717, 1.165) is 0 Å². The van der Waals surface area contributed by atoms with Gasteiger partial charge in [-0.1, -0.05) is 12.1 Å². The summed E-state index contributed by atoms with van der Waals surface area (Å²) in [6, 6.07) is 11.3. The average Bonchev–Trinajstić information content (AvgIpc) is 2.61. The highest BCUT2D eigenvalue weighted by atomic mass is 16.5. The molecule has 132 valence electrons. The standard InChI is InChI=1S/C18H19NO6/c1-23-12-6-4-5-11(9-12)19-17(20)16(18(21)22)14-8-7-13(24-2)10-15(14)25-3/h4-10,16H,1-3H3,(H,19,20)(H,21,22). The van der Waals surface area contributed by atoms with E-state index in [2.05, 4.69) is 5.32 Å². The first-order valence-electron chi connectivity index (χ1n) is 7.39. The molecule has 0 aliphatic rings. The second kappa shape index (κ2) is 8.05. The molecule has 0 bridgehead atoms. The van der Waals surface area contributed by atoms with Gasteiger partial charge in [-0.3, -0.25) is 9.59 Å². The van der Waals surface area contributed by atoms with Gasteiger partial charge < -0.3 is 24.6 Å². The third-order valence-corrected chi connectivity index (χ3v) is 3.60. The molecule has 7 heteroatoms. The van der Waals surface area contributed by atoms with Gasteiger partial charge in [-0.2, -0.15) is 0 Å². The second-order valence-electron chi connectivity index (χ2n) is 5.10. The molecule has 2 rings (SSSR count). The summed E-state index contributed by atoms with van der Waals surface area (Å²) >= 11 is 0. The van der Waals surface area contributed by atoms with E-state index in [4.69, 9.17) is 14.2 Å². The first kappa shape index (κ1) is 18.1. The van der Waals surface area contributed by atoms with Crippen LogP contribution >= 0.6 is 0 Å². The van der Waals surface area contributed by atoms with Crippen molar-refractivity contribution in [2.24, 2.45) is 0 Å². The fourth-order valence-corrected chi connectivity index (χ4v) is 2.36. The SMILES string of the molecule is COc1cccc(NC(=O)C(C(=O)O)c2ccc(OC)cc2OC)c1. The Morgan fingerprint density at radius 1 is 0.960 bits per heavy atom. The quantitative estimate of drug-likeness (QED) is 0.749. The number of hydrogen-bond acceptors (Lipinski definition) is 5. The van der Waals surface area contributed by atoms with Crippen LogP contribution in [-0.4, -0.2) is 38.3 Å². The molecular weight excluding hydrogens is 326 g/mol. The molecule has 1 unspecified atom stereocenters. The molecule has 1 atom stereocenters. The molecule has 0 aliphatic heterocycles. The van der Waals surface area contributed by atoms with Crippen molar-refractivity contribution in [1.82, 2.24) is 0 Å². The zero-order chi connectivity index (χ0) is 18.4. The predicted octanol–water partition coefficient (Wildman–Crippen LogP) is 2.52. The number of aliphatic carboxylic acids is 1. The van der Waals surface area contributed by atoms with Crippen LogP contribution in [0.2, 0.25) is 0 Å². The molecule has 2 aromatic rings. The molecule has 0 radical (unpaired) electrons. The molecule has 0 aliphatic carbocycles. The Morgan fingerprint density at radius 3 is 2.24 bits per heavy atom. The Hall–Kier alpha value is -3.22. The molecule has 0 aromatic heterocycles. The van der Waals surface area contributed by atoms with Gasteiger partial charge in [0.2, 0.25) is 5.91 Å². The largest absolute Gasteiger partial charge is 0.497 e. The highest BCUT2D eigenvalue weighted by molar-refractivity contribution is 6.09. The van der Waals surface area contributed by atoms with Crippen LogP contribution in [0.3, 0.4) is 0 Å². The Balaban J connectivity index is 2.34. The lowest BCUT2D eigenvalue weighted by Gasteiger charge is -2.17. The molecule has 0 saturated heterocycles. The number of benzene rings is 2. The smallest absolute Gasteiger partial charge is 0.320 e. The van der Waals surface area contributed by atoms with E-state index >= 15 is 0 Å². The fourth-order valence-electron chi connectivity index (χ4n) is 2.36. The van der Waals surface area contributed by atoms with Gasteiger partial charge >= 0.3 is 5.97 Å². The Bertz CT molecular complexity index is 774.